The Morgan fingerprint density at radius 2 is 1.72 bits per heavy atom. The van der Waals surface area contributed by atoms with E-state index < -0.39 is 11.2 Å². The third-order valence-electron chi connectivity index (χ3n) is 4.38. The predicted octanol–water partition coefficient (Wildman–Crippen LogP) is 3.22. The summed E-state index contributed by atoms with van der Waals surface area (Å²) in [6.45, 7) is 1.94. The number of benzene rings is 2. The van der Waals surface area contributed by atoms with Crippen LogP contribution in [0.25, 0.3) is 0 Å². The van der Waals surface area contributed by atoms with E-state index in [2.05, 4.69) is 5.32 Å². The number of nitrogens with zero attached hydrogens (tertiary/aromatic N) is 1. The van der Waals surface area contributed by atoms with E-state index in [0.717, 1.165) is 10.5 Å². The predicted molar refractivity (Wildman–Crippen MR) is 110 cm³/mol. The van der Waals surface area contributed by atoms with Crippen molar-refractivity contribution >= 4 is 46.8 Å². The van der Waals surface area contributed by atoms with Gasteiger partial charge in [-0.2, -0.15) is 0 Å². The molecular weight excluding hydrogens is 392 g/mol. The summed E-state index contributed by atoms with van der Waals surface area (Å²) in [6.07, 6.45) is -0.195. The zero-order chi connectivity index (χ0) is 21.0. The van der Waals surface area contributed by atoms with Crippen molar-refractivity contribution in [2.75, 3.05) is 10.2 Å². The van der Waals surface area contributed by atoms with Crippen LogP contribution in [0.5, 0.6) is 0 Å². The summed E-state index contributed by atoms with van der Waals surface area (Å²) in [5.74, 6) is -1.87. The van der Waals surface area contributed by atoms with Crippen LogP contribution in [0.4, 0.5) is 11.4 Å². The van der Waals surface area contributed by atoms with Crippen molar-refractivity contribution in [2.45, 2.75) is 36.3 Å². The first-order valence-electron chi connectivity index (χ1n) is 9.05. The fourth-order valence-corrected chi connectivity index (χ4v) is 3.94. The molecule has 0 aromatic heterocycles. The molecule has 7 nitrogen and oxygen atoms in total. The Kier molecular flexibility index (Phi) is 6.33. The number of rotatable bonds is 7. The van der Waals surface area contributed by atoms with Gasteiger partial charge in [-0.25, -0.2) is 4.90 Å². The number of aliphatic carboxylic acids is 1. The van der Waals surface area contributed by atoms with Crippen LogP contribution >= 0.6 is 11.8 Å². The van der Waals surface area contributed by atoms with Gasteiger partial charge in [-0.15, -0.1) is 11.8 Å². The summed E-state index contributed by atoms with van der Waals surface area (Å²) in [6, 6.07) is 14.1. The minimum atomic E-state index is -1.03. The molecule has 2 aromatic rings. The molecular formula is C21H20N2O5S. The molecule has 29 heavy (non-hydrogen) atoms. The Hall–Kier alpha value is -3.13. The fourth-order valence-electron chi connectivity index (χ4n) is 2.89. The van der Waals surface area contributed by atoms with Crippen LogP contribution in [0.2, 0.25) is 0 Å². The van der Waals surface area contributed by atoms with Crippen LogP contribution in [0.3, 0.4) is 0 Å². The van der Waals surface area contributed by atoms with E-state index in [9.17, 15) is 19.2 Å². The van der Waals surface area contributed by atoms with Gasteiger partial charge in [0.1, 0.15) is 0 Å². The number of aryl methyl sites for hydroxylation is 1. The lowest BCUT2D eigenvalue weighted by atomic mass is 10.2. The van der Waals surface area contributed by atoms with Crippen molar-refractivity contribution < 1.29 is 24.3 Å². The molecule has 1 fully saturated rings. The number of hydrogen-bond acceptors (Lipinski definition) is 5. The quantitative estimate of drug-likeness (QED) is 0.677. The van der Waals surface area contributed by atoms with Crippen LogP contribution in [-0.4, -0.2) is 34.0 Å². The third-order valence-corrected chi connectivity index (χ3v) is 5.58. The summed E-state index contributed by atoms with van der Waals surface area (Å²) < 4.78 is 0. The summed E-state index contributed by atoms with van der Waals surface area (Å²) in [4.78, 5) is 49.3. The molecule has 1 aliphatic heterocycles. The summed E-state index contributed by atoms with van der Waals surface area (Å²) >= 11 is 1.30. The largest absolute Gasteiger partial charge is 0.481 e. The number of carboxylic acid groups (broad SMARTS) is 1. The molecule has 1 aliphatic rings. The molecule has 2 aromatic carbocycles. The number of nitrogens with one attached hydrogen (secondary N) is 1. The van der Waals surface area contributed by atoms with Gasteiger partial charge in [0.25, 0.3) is 0 Å². The van der Waals surface area contributed by atoms with E-state index >= 15 is 0 Å². The fraction of sp³-hybridized carbons (Fsp3) is 0.238. The number of amides is 3. The summed E-state index contributed by atoms with van der Waals surface area (Å²) in [7, 11) is 0. The number of carboxylic acids is 1. The molecule has 150 valence electrons. The van der Waals surface area contributed by atoms with Crippen LogP contribution in [0.1, 0.15) is 24.8 Å². The maximum atomic E-state index is 12.7. The maximum Gasteiger partial charge on any atom is 0.303 e. The normalized spacial score (nSPS) is 16.2. The van der Waals surface area contributed by atoms with Crippen molar-refractivity contribution in [3.05, 3.63) is 54.1 Å². The van der Waals surface area contributed by atoms with Gasteiger partial charge in [0.05, 0.1) is 17.4 Å². The number of carbonyl (C=O) groups is 4. The van der Waals surface area contributed by atoms with E-state index in [1.807, 2.05) is 19.1 Å². The lowest BCUT2D eigenvalue weighted by Gasteiger charge is -2.15. The van der Waals surface area contributed by atoms with Crippen LogP contribution in [-0.2, 0) is 19.2 Å². The molecule has 8 heteroatoms. The Balaban J connectivity index is 1.61. The number of thioether (sulfide) groups is 1. The number of anilines is 2. The van der Waals surface area contributed by atoms with Crippen molar-refractivity contribution in [3.8, 4) is 0 Å². The molecule has 0 unspecified atom stereocenters. The van der Waals surface area contributed by atoms with E-state index in [1.165, 1.54) is 16.7 Å². The monoisotopic (exact) mass is 412 g/mol. The van der Waals surface area contributed by atoms with Gasteiger partial charge in [0.15, 0.2) is 0 Å². The van der Waals surface area contributed by atoms with Gasteiger partial charge < -0.3 is 10.4 Å². The second-order valence-electron chi connectivity index (χ2n) is 6.68. The molecule has 2 N–H and O–H groups in total. The molecule has 1 heterocycles. The third kappa shape index (κ3) is 5.23. The first kappa shape index (κ1) is 20.6. The molecule has 0 aliphatic carbocycles. The smallest absolute Gasteiger partial charge is 0.303 e. The highest BCUT2D eigenvalue weighted by molar-refractivity contribution is 8.00. The zero-order valence-electron chi connectivity index (χ0n) is 15.8. The Labute approximate surface area is 172 Å². The second kappa shape index (κ2) is 8.91. The molecule has 1 atom stereocenters. The lowest BCUT2D eigenvalue weighted by Crippen LogP contribution is -2.31. The molecule has 0 saturated carbocycles. The zero-order valence-corrected chi connectivity index (χ0v) is 16.6. The SMILES string of the molecule is Cc1ccc(N2C(=O)C[C@@H](Sc3ccc(NC(=O)CCC(=O)O)cc3)C2=O)cc1. The highest BCUT2D eigenvalue weighted by atomic mass is 32.2. The van der Waals surface area contributed by atoms with Crippen LogP contribution < -0.4 is 10.2 Å². The second-order valence-corrected chi connectivity index (χ2v) is 7.96. The Morgan fingerprint density at radius 3 is 2.34 bits per heavy atom. The average Bonchev–Trinajstić information content (AvgIpc) is 2.96. The molecule has 0 spiro atoms. The molecule has 0 bridgehead atoms. The van der Waals surface area contributed by atoms with E-state index in [4.69, 9.17) is 5.11 Å². The van der Waals surface area contributed by atoms with E-state index in [-0.39, 0.29) is 37.0 Å². The maximum absolute atomic E-state index is 12.7. The molecule has 3 rings (SSSR count). The molecule has 0 radical (unpaired) electrons. The van der Waals surface area contributed by atoms with Gasteiger partial charge >= 0.3 is 5.97 Å². The van der Waals surface area contributed by atoms with Crippen LogP contribution in [0.15, 0.2) is 53.4 Å². The van der Waals surface area contributed by atoms with E-state index in [0.29, 0.717) is 11.4 Å². The summed E-state index contributed by atoms with van der Waals surface area (Å²) in [5.41, 5.74) is 2.17. The number of imide groups is 1. The van der Waals surface area contributed by atoms with Crippen molar-refractivity contribution in [1.82, 2.24) is 0 Å². The van der Waals surface area contributed by atoms with Crippen molar-refractivity contribution in [3.63, 3.8) is 0 Å². The first-order chi connectivity index (χ1) is 13.8. The highest BCUT2D eigenvalue weighted by Crippen LogP contribution is 2.34. The Bertz CT molecular complexity index is 941. The Morgan fingerprint density at radius 1 is 1.07 bits per heavy atom. The number of carbonyl (C=O) groups excluding carboxylic acids is 3. The van der Waals surface area contributed by atoms with Gasteiger partial charge in [-0.3, -0.25) is 19.2 Å². The number of hydrogen-bond donors (Lipinski definition) is 2. The van der Waals surface area contributed by atoms with Crippen LogP contribution in [0, 0.1) is 6.92 Å². The summed E-state index contributed by atoms with van der Waals surface area (Å²) in [5, 5.41) is 10.7. The van der Waals surface area contributed by atoms with E-state index in [1.54, 1.807) is 36.4 Å². The highest BCUT2D eigenvalue weighted by Gasteiger charge is 2.40. The average molecular weight is 412 g/mol. The van der Waals surface area contributed by atoms with Gasteiger partial charge in [-0.1, -0.05) is 17.7 Å². The molecule has 1 saturated heterocycles. The van der Waals surface area contributed by atoms with Gasteiger partial charge in [0, 0.05) is 23.4 Å². The van der Waals surface area contributed by atoms with Crippen molar-refractivity contribution in [2.24, 2.45) is 0 Å². The van der Waals surface area contributed by atoms with Crippen molar-refractivity contribution in [1.29, 1.82) is 0 Å². The first-order valence-corrected chi connectivity index (χ1v) is 9.93. The topological polar surface area (TPSA) is 104 Å². The van der Waals surface area contributed by atoms with Gasteiger partial charge in [0.2, 0.25) is 17.7 Å². The minimum absolute atomic E-state index is 0.0978. The van der Waals surface area contributed by atoms with Gasteiger partial charge in [-0.05, 0) is 43.3 Å². The standard InChI is InChI=1S/C21H20N2O5S/c1-13-2-6-15(7-3-13)23-19(25)12-17(21(23)28)29-16-8-4-14(5-9-16)22-18(24)10-11-20(26)27/h2-9,17H,10-12H2,1H3,(H,22,24)(H,26,27)/t17-/m1/s1. The molecule has 3 amide bonds. The minimum Gasteiger partial charge on any atom is -0.481 e. The lowest BCUT2D eigenvalue weighted by molar-refractivity contribution is -0.138.